The molecule has 5 unspecified atom stereocenters. The first-order chi connectivity index (χ1) is 17.6. The second kappa shape index (κ2) is 10.2. The van der Waals surface area contributed by atoms with Crippen LogP contribution in [0.2, 0.25) is 0 Å². The van der Waals surface area contributed by atoms with Gasteiger partial charge in [-0.2, -0.15) is 0 Å². The Bertz CT molecular complexity index is 1080. The largest absolute Gasteiger partial charge is 0.459 e. The van der Waals surface area contributed by atoms with Gasteiger partial charge in [0, 0.05) is 0 Å². The molecule has 4 aliphatic rings. The van der Waals surface area contributed by atoms with Gasteiger partial charge in [0.25, 0.3) is 0 Å². The van der Waals surface area contributed by atoms with E-state index in [4.69, 9.17) is 4.74 Å². The Morgan fingerprint density at radius 1 is 0.973 bits per heavy atom. The molecule has 0 aromatic heterocycles. The van der Waals surface area contributed by atoms with Crippen molar-refractivity contribution in [2.45, 2.75) is 92.6 Å². The quantitative estimate of drug-likeness (QED) is 0.287. The fraction of sp³-hybridized carbons (Fsp3) is 0.629. The van der Waals surface area contributed by atoms with Crippen LogP contribution in [0.1, 0.15) is 96.8 Å². The van der Waals surface area contributed by atoms with E-state index < -0.39 is 0 Å². The molecule has 0 amide bonds. The van der Waals surface area contributed by atoms with Crippen molar-refractivity contribution in [3.63, 3.8) is 0 Å². The summed E-state index contributed by atoms with van der Waals surface area (Å²) >= 11 is 0. The van der Waals surface area contributed by atoms with Gasteiger partial charge < -0.3 is 4.74 Å². The predicted molar refractivity (Wildman–Crippen MR) is 153 cm³/mol. The Kier molecular flexibility index (Phi) is 7.33. The summed E-state index contributed by atoms with van der Waals surface area (Å²) in [5.41, 5.74) is 4.65. The number of fused-ring (bicyclic) bond motifs is 5. The van der Waals surface area contributed by atoms with Crippen molar-refractivity contribution in [2.24, 2.45) is 46.3 Å². The van der Waals surface area contributed by atoms with Crippen LogP contribution >= 0.6 is 0 Å². The minimum atomic E-state index is -0.164. The van der Waals surface area contributed by atoms with Crippen molar-refractivity contribution in [1.29, 1.82) is 0 Å². The molecule has 1 aromatic carbocycles. The molecule has 2 heteroatoms. The van der Waals surface area contributed by atoms with Gasteiger partial charge >= 0.3 is 5.97 Å². The van der Waals surface area contributed by atoms with Crippen LogP contribution in [0.4, 0.5) is 0 Å². The molecule has 5 rings (SSSR count). The molecule has 1 aromatic rings. The van der Waals surface area contributed by atoms with E-state index in [2.05, 4.69) is 65.8 Å². The van der Waals surface area contributed by atoms with Gasteiger partial charge in [-0.05, 0) is 115 Å². The lowest BCUT2D eigenvalue weighted by Crippen LogP contribution is -2.48. The summed E-state index contributed by atoms with van der Waals surface area (Å²) in [6.07, 6.45) is 18.4. The average molecular weight is 501 g/mol. The van der Waals surface area contributed by atoms with Crippen LogP contribution in [0.5, 0.6) is 0 Å². The summed E-state index contributed by atoms with van der Waals surface area (Å²) in [7, 11) is 0. The van der Waals surface area contributed by atoms with E-state index in [0.29, 0.717) is 51.9 Å². The molecule has 0 N–H and O–H groups in total. The number of hydrogen-bond acceptors (Lipinski definition) is 2. The van der Waals surface area contributed by atoms with Crippen molar-refractivity contribution in [3.8, 4) is 0 Å². The van der Waals surface area contributed by atoms with E-state index in [1.54, 1.807) is 11.1 Å². The smallest absolute Gasteiger partial charge is 0.338 e. The lowest BCUT2D eigenvalue weighted by molar-refractivity contribution is -0.0405. The summed E-state index contributed by atoms with van der Waals surface area (Å²) in [5.74, 6) is 3.75. The molecule has 37 heavy (non-hydrogen) atoms. The molecular weight excluding hydrogens is 452 g/mol. The molecule has 0 heterocycles. The van der Waals surface area contributed by atoms with Gasteiger partial charge in [-0.25, -0.2) is 4.79 Å². The fourth-order valence-corrected chi connectivity index (χ4v) is 8.31. The maximum absolute atomic E-state index is 12.7. The van der Waals surface area contributed by atoms with Crippen molar-refractivity contribution in [1.82, 2.24) is 0 Å². The highest BCUT2D eigenvalue weighted by Gasteiger charge is 2.55. The minimum Gasteiger partial charge on any atom is -0.459 e. The summed E-state index contributed by atoms with van der Waals surface area (Å²) in [4.78, 5) is 12.7. The lowest BCUT2D eigenvalue weighted by atomic mass is 9.48. The lowest BCUT2D eigenvalue weighted by Gasteiger charge is -2.56. The summed E-state index contributed by atoms with van der Waals surface area (Å²) < 4.78 is 6.01. The maximum atomic E-state index is 12.7. The van der Waals surface area contributed by atoms with E-state index in [-0.39, 0.29) is 12.1 Å². The van der Waals surface area contributed by atoms with Gasteiger partial charge in [0.2, 0.25) is 0 Å². The number of allylic oxidation sites excluding steroid dienone is 6. The maximum Gasteiger partial charge on any atom is 0.338 e. The summed E-state index contributed by atoms with van der Waals surface area (Å²) in [6.45, 7) is 14.6. The Labute approximate surface area is 225 Å². The fourth-order valence-electron chi connectivity index (χ4n) is 8.31. The van der Waals surface area contributed by atoms with Crippen molar-refractivity contribution >= 4 is 5.97 Å². The van der Waals surface area contributed by atoms with E-state index in [1.165, 1.54) is 19.3 Å². The highest BCUT2D eigenvalue weighted by Crippen LogP contribution is 2.65. The highest BCUT2D eigenvalue weighted by atomic mass is 16.5. The van der Waals surface area contributed by atoms with Gasteiger partial charge in [-0.15, -0.1) is 0 Å². The highest BCUT2D eigenvalue weighted by molar-refractivity contribution is 5.89. The number of carbonyl (C=O) groups is 1. The third-order valence-electron chi connectivity index (χ3n) is 11.2. The Balaban J connectivity index is 1.29. The third kappa shape index (κ3) is 4.79. The molecule has 2 nitrogen and oxygen atoms in total. The zero-order valence-electron chi connectivity index (χ0n) is 24.0. The van der Waals surface area contributed by atoms with E-state index in [9.17, 15) is 4.79 Å². The number of carbonyl (C=O) groups excluding carboxylic acids is 1. The SMILES string of the molecule is CC(C)[C@@H](C)/C=C/[C@@H](C)C1CC=C2C3=CC[C@H]4CC(OC(=O)c5ccccc5)CCC4(C)C3CCC21C. The first-order valence-corrected chi connectivity index (χ1v) is 15.0. The van der Waals surface area contributed by atoms with Crippen molar-refractivity contribution in [2.75, 3.05) is 0 Å². The van der Waals surface area contributed by atoms with Crippen molar-refractivity contribution < 1.29 is 9.53 Å². The minimum absolute atomic E-state index is 0.0468. The summed E-state index contributed by atoms with van der Waals surface area (Å²) in [6, 6.07) is 9.47. The third-order valence-corrected chi connectivity index (χ3v) is 11.2. The van der Waals surface area contributed by atoms with Gasteiger partial charge in [0.1, 0.15) is 6.10 Å². The topological polar surface area (TPSA) is 26.3 Å². The second-order valence-corrected chi connectivity index (χ2v) is 13.6. The zero-order valence-corrected chi connectivity index (χ0v) is 24.0. The van der Waals surface area contributed by atoms with E-state index in [1.807, 2.05) is 30.3 Å². The van der Waals surface area contributed by atoms with Crippen LogP contribution in [-0.4, -0.2) is 12.1 Å². The van der Waals surface area contributed by atoms with Crippen molar-refractivity contribution in [3.05, 3.63) is 71.3 Å². The molecule has 2 saturated carbocycles. The van der Waals surface area contributed by atoms with Gasteiger partial charge in [-0.1, -0.05) is 84.0 Å². The average Bonchev–Trinajstić information content (AvgIpc) is 3.25. The molecule has 0 saturated heterocycles. The molecular formula is C35H48O2. The molecule has 0 radical (unpaired) electrons. The Morgan fingerprint density at radius 3 is 2.46 bits per heavy atom. The van der Waals surface area contributed by atoms with E-state index in [0.717, 1.165) is 25.7 Å². The van der Waals surface area contributed by atoms with Gasteiger partial charge in [0.15, 0.2) is 0 Å². The zero-order chi connectivity index (χ0) is 26.4. The number of esters is 1. The van der Waals surface area contributed by atoms with Crippen LogP contribution in [0, 0.1) is 46.3 Å². The molecule has 0 bridgehead atoms. The molecule has 0 spiro atoms. The van der Waals surface area contributed by atoms with Gasteiger partial charge in [0.05, 0.1) is 5.56 Å². The number of hydrogen-bond donors (Lipinski definition) is 0. The second-order valence-electron chi connectivity index (χ2n) is 13.6. The normalized spacial score (nSPS) is 36.7. The molecule has 0 aliphatic heterocycles. The monoisotopic (exact) mass is 500 g/mol. The number of rotatable bonds is 6. The first kappa shape index (κ1) is 26.5. The van der Waals surface area contributed by atoms with E-state index >= 15 is 0 Å². The standard InChI is InChI=1S/C35H48O2/c1-23(2)24(3)12-13-25(4)30-16-17-31-29-15-14-27-22-28(37-33(36)26-10-8-7-9-11-26)18-20-34(27,5)32(29)19-21-35(30,31)6/h7-13,15,17,23-25,27-28,30,32H,14,16,18-22H2,1-6H3/b13-12+/t24-,25+,27-,28?,30?,32?,34?,35?/m0/s1. The number of ether oxygens (including phenoxy) is 1. The van der Waals surface area contributed by atoms with Crippen LogP contribution in [0.15, 0.2) is 65.8 Å². The molecule has 4 aliphatic carbocycles. The molecule has 2 fully saturated rings. The Morgan fingerprint density at radius 2 is 1.73 bits per heavy atom. The van der Waals surface area contributed by atoms with Gasteiger partial charge in [-0.3, -0.25) is 0 Å². The predicted octanol–water partition coefficient (Wildman–Crippen LogP) is 9.20. The van der Waals surface area contributed by atoms with Crippen LogP contribution in [0.25, 0.3) is 0 Å². The van der Waals surface area contributed by atoms with Crippen LogP contribution in [0.3, 0.4) is 0 Å². The summed E-state index contributed by atoms with van der Waals surface area (Å²) in [5, 5.41) is 0. The Hall–Kier alpha value is -2.09. The molecule has 200 valence electrons. The van der Waals surface area contributed by atoms with Crippen LogP contribution < -0.4 is 0 Å². The molecule has 8 atom stereocenters. The number of benzene rings is 1. The first-order valence-electron chi connectivity index (χ1n) is 15.0. The van der Waals surface area contributed by atoms with Crippen LogP contribution in [-0.2, 0) is 4.74 Å².